The number of ketones is 3. The first-order chi connectivity index (χ1) is 49.4. The smallest absolute Gasteiger partial charge is 0.369 e. The molecule has 0 spiro atoms. The summed E-state index contributed by atoms with van der Waals surface area (Å²) in [5.74, 6) is -6.13. The summed E-state index contributed by atoms with van der Waals surface area (Å²) in [6.45, 7) is 0.314. The number of aromatic nitrogens is 6. The summed E-state index contributed by atoms with van der Waals surface area (Å²) < 4.78 is 165. The summed E-state index contributed by atoms with van der Waals surface area (Å²) in [6.07, 6.45) is -6.77. The normalized spacial score (nSPS) is 18.0. The molecule has 9 heterocycles. The molecule has 0 bridgehead atoms. The molecule has 554 valence electrons. The predicted molar refractivity (Wildman–Crippen MR) is 366 cm³/mol. The summed E-state index contributed by atoms with van der Waals surface area (Å²) in [7, 11) is 4.16. The molecule has 0 radical (unpaired) electrons. The van der Waals surface area contributed by atoms with Crippen molar-refractivity contribution in [3.63, 3.8) is 0 Å². The molecule has 0 fully saturated rings. The highest BCUT2D eigenvalue weighted by atomic mass is 19.4. The molecule has 6 N–H and O–H groups in total. The number of alkyl halides is 9. The highest BCUT2D eigenvalue weighted by molar-refractivity contribution is 6.11. The van der Waals surface area contributed by atoms with Crippen molar-refractivity contribution < 1.29 is 81.5 Å². The maximum atomic E-state index is 14.4. The van der Waals surface area contributed by atoms with Gasteiger partial charge in [-0.3, -0.25) is 43.5 Å². The van der Waals surface area contributed by atoms with Gasteiger partial charge < -0.3 is 30.9 Å². The molecule has 9 aromatic rings. The molecule has 21 nitrogen and oxygen atoms in total. The quantitative estimate of drug-likeness (QED) is 0.0411. The molecule has 0 aliphatic carbocycles. The largest absolute Gasteiger partial charge is 0.406 e. The van der Waals surface area contributed by atoms with Crippen LogP contribution in [-0.4, -0.2) is 136 Å². The van der Waals surface area contributed by atoms with Crippen LogP contribution in [0.5, 0.6) is 0 Å². The van der Waals surface area contributed by atoms with Crippen molar-refractivity contribution in [3.8, 4) is 33.4 Å². The molecule has 3 aliphatic heterocycles. The standard InChI is InChI=1S/3C24H21F4N5O2.CH4/c3*1-3-19(34)18-11-16(12-33(18)13-23(26,27)28)24(21(35)32(2)22(29)31-24)15-7-4-6-14(10-15)17-8-5-9-30-20(17)25;/h3*4-12H,3,13H2,1-2H3,(H2,29,31);1H4/t2*24-;;/m10../s1. The van der Waals surface area contributed by atoms with Crippen molar-refractivity contribution in [2.24, 2.45) is 32.2 Å². The second-order valence-electron chi connectivity index (χ2n) is 24.3. The number of pyridine rings is 3. The highest BCUT2D eigenvalue weighted by Crippen LogP contribution is 2.46. The molecule has 12 rings (SSSR count). The van der Waals surface area contributed by atoms with E-state index in [-0.39, 0.29) is 112 Å². The van der Waals surface area contributed by atoms with Gasteiger partial charge in [0.05, 0.1) is 17.1 Å². The van der Waals surface area contributed by atoms with Gasteiger partial charge in [0.1, 0.15) is 19.6 Å². The lowest BCUT2D eigenvalue weighted by atomic mass is 9.83. The monoisotopic (exact) mass is 1480 g/mol. The molecule has 33 heteroatoms. The van der Waals surface area contributed by atoms with Crippen molar-refractivity contribution in [2.45, 2.75) is 102 Å². The van der Waals surface area contributed by atoms with Crippen molar-refractivity contribution >= 4 is 52.9 Å². The Morgan fingerprint density at radius 2 is 0.632 bits per heavy atom. The molecule has 1 unspecified atom stereocenters. The van der Waals surface area contributed by atoms with E-state index in [1.165, 1.54) is 115 Å². The van der Waals surface area contributed by atoms with Crippen LogP contribution in [-0.2, 0) is 50.6 Å². The van der Waals surface area contributed by atoms with E-state index in [4.69, 9.17) is 17.2 Å². The molecule has 6 aromatic heterocycles. The number of nitrogens with zero attached hydrogens (tertiary/aromatic N) is 12. The van der Waals surface area contributed by atoms with E-state index in [1.807, 2.05) is 0 Å². The van der Waals surface area contributed by atoms with Crippen molar-refractivity contribution in [1.82, 2.24) is 43.4 Å². The van der Waals surface area contributed by atoms with E-state index in [1.54, 1.807) is 72.8 Å². The zero-order chi connectivity index (χ0) is 76.6. The summed E-state index contributed by atoms with van der Waals surface area (Å²) >= 11 is 0. The Balaban J connectivity index is 0.000000183. The van der Waals surface area contributed by atoms with E-state index in [0.29, 0.717) is 16.7 Å². The van der Waals surface area contributed by atoms with Crippen LogP contribution in [0.1, 0.15) is 112 Å². The maximum Gasteiger partial charge on any atom is 0.406 e. The topological polar surface area (TPSA) is 281 Å². The Kier molecular flexibility index (Phi) is 22.1. The SMILES string of the molecule is C.CCC(=O)c1cc(C2(c3cccc(-c4cccnc4F)c3)N=C(N)N(C)C2=O)cn1CC(F)(F)F.CCC(=O)c1cc([C@@]2(c3cccc(-c4cccnc4F)c3)N=C(N)N(C)C2=O)cn1CC(F)(F)F.CCC(=O)c1cc([C@]2(c3cccc(-c4cccnc4F)c3)N=C(N)N(C)C2=O)cn1CC(F)(F)F. The average Bonchev–Trinajstić information content (AvgIpc) is 1.57. The molecular weight excluding hydrogens is 1410 g/mol. The van der Waals surface area contributed by atoms with E-state index in [0.717, 1.165) is 47.0 Å². The summed E-state index contributed by atoms with van der Waals surface area (Å²) in [6, 6.07) is 31.6. The number of amides is 3. The number of benzene rings is 3. The average molecular weight is 1480 g/mol. The first-order valence-corrected chi connectivity index (χ1v) is 31.9. The molecule has 0 saturated carbocycles. The third kappa shape index (κ3) is 15.0. The molecule has 0 saturated heterocycles. The zero-order valence-electron chi connectivity index (χ0n) is 56.4. The molecule has 3 aliphatic rings. The summed E-state index contributed by atoms with van der Waals surface area (Å²) in [4.78, 5) is 105. The number of hydrogen-bond donors (Lipinski definition) is 3. The second kappa shape index (κ2) is 30.0. The van der Waals surface area contributed by atoms with Gasteiger partial charge in [-0.2, -0.15) is 52.7 Å². The first-order valence-electron chi connectivity index (χ1n) is 31.9. The van der Waals surface area contributed by atoms with E-state index in [2.05, 4.69) is 29.9 Å². The zero-order valence-corrected chi connectivity index (χ0v) is 56.4. The highest BCUT2D eigenvalue weighted by Gasteiger charge is 2.54. The van der Waals surface area contributed by atoms with Gasteiger partial charge >= 0.3 is 18.5 Å². The van der Waals surface area contributed by atoms with Crippen molar-refractivity contribution in [3.05, 3.63) is 233 Å². The number of aliphatic imine (C=N–C) groups is 3. The van der Waals surface area contributed by atoms with E-state index >= 15 is 0 Å². The van der Waals surface area contributed by atoms with Crippen LogP contribution in [0.2, 0.25) is 0 Å². The van der Waals surface area contributed by atoms with Gasteiger partial charge in [-0.15, -0.1) is 0 Å². The number of guanidine groups is 3. The number of carbonyl (C=O) groups is 6. The molecule has 3 aromatic carbocycles. The number of nitrogens with two attached hydrogens (primary N) is 3. The Bertz CT molecular complexity index is 4530. The fourth-order valence-corrected chi connectivity index (χ4v) is 12.4. The third-order valence-corrected chi connectivity index (χ3v) is 17.6. The number of halogens is 12. The van der Waals surface area contributed by atoms with Crippen LogP contribution < -0.4 is 17.2 Å². The minimum absolute atomic E-state index is 0. The summed E-state index contributed by atoms with van der Waals surface area (Å²) in [5.41, 5.74) is 14.1. The Labute approximate surface area is 597 Å². The minimum Gasteiger partial charge on any atom is -0.369 e. The number of likely N-dealkylation sites (N-methyl/N-ethyl adjacent to an activating group) is 3. The molecule has 3 amide bonds. The lowest BCUT2D eigenvalue weighted by Crippen LogP contribution is -2.41. The van der Waals surface area contributed by atoms with Gasteiger partial charge in [0.25, 0.3) is 17.7 Å². The fourth-order valence-electron chi connectivity index (χ4n) is 12.4. The number of rotatable bonds is 18. The van der Waals surface area contributed by atoms with Gasteiger partial charge in [0.15, 0.2) is 51.8 Å². The summed E-state index contributed by atoms with van der Waals surface area (Å²) in [5, 5.41) is 0. The third-order valence-electron chi connectivity index (χ3n) is 17.6. The Morgan fingerprint density at radius 1 is 0.387 bits per heavy atom. The number of Topliss-reactive ketones (excluding diaryl/α,β-unsaturated/α-hetero) is 3. The van der Waals surface area contributed by atoms with Crippen LogP contribution in [0.3, 0.4) is 0 Å². The minimum atomic E-state index is -4.61. The predicted octanol–water partition coefficient (Wildman–Crippen LogP) is 12.3. The number of carbonyl (C=O) groups excluding carboxylic acids is 6. The fraction of sp³-hybridized carbons (Fsp3) is 0.260. The van der Waals surface area contributed by atoms with E-state index in [9.17, 15) is 81.5 Å². The number of hydrogen-bond acceptors (Lipinski definition) is 15. The van der Waals surface area contributed by atoms with Gasteiger partial charge in [0, 0.05) is 111 Å². The van der Waals surface area contributed by atoms with Crippen LogP contribution in [0, 0.1) is 17.8 Å². The first kappa shape index (κ1) is 78.1. The van der Waals surface area contributed by atoms with Crippen LogP contribution in [0.15, 0.2) is 180 Å². The van der Waals surface area contributed by atoms with Gasteiger partial charge in [-0.25, -0.2) is 29.9 Å². The van der Waals surface area contributed by atoms with Gasteiger partial charge in [0.2, 0.25) is 17.8 Å². The van der Waals surface area contributed by atoms with E-state index < -0.39 is 108 Å². The van der Waals surface area contributed by atoms with Gasteiger partial charge in [-0.1, -0.05) is 82.8 Å². The van der Waals surface area contributed by atoms with Crippen molar-refractivity contribution in [1.29, 1.82) is 0 Å². The van der Waals surface area contributed by atoms with Crippen LogP contribution in [0.25, 0.3) is 33.4 Å². The Hall–Kier alpha value is -12.1. The van der Waals surface area contributed by atoms with Crippen LogP contribution in [0.4, 0.5) is 52.7 Å². The second-order valence-corrected chi connectivity index (χ2v) is 24.3. The maximum absolute atomic E-state index is 14.4. The molecule has 3 atom stereocenters. The lowest BCUT2D eigenvalue weighted by Gasteiger charge is -2.25. The van der Waals surface area contributed by atoms with Crippen molar-refractivity contribution in [2.75, 3.05) is 21.1 Å². The van der Waals surface area contributed by atoms with Crippen LogP contribution >= 0.6 is 0 Å². The Morgan fingerprint density at radius 3 is 0.830 bits per heavy atom. The molecule has 106 heavy (non-hydrogen) atoms. The lowest BCUT2D eigenvalue weighted by molar-refractivity contribution is -0.141. The van der Waals surface area contributed by atoms with Gasteiger partial charge in [-0.05, 0) is 106 Å². The molecular formula is C73H67F12N15O6.